The molecular weight excluding hydrogens is 324 g/mol. The van der Waals surface area contributed by atoms with Gasteiger partial charge in [-0.15, -0.1) is 0 Å². The first-order chi connectivity index (χ1) is 11.7. The summed E-state index contributed by atoms with van der Waals surface area (Å²) in [5.74, 6) is 0.198. The molecule has 0 spiro atoms. The number of thiocarbonyl (C=S) groups is 1. The van der Waals surface area contributed by atoms with Crippen LogP contribution in [0.5, 0.6) is 5.75 Å². The summed E-state index contributed by atoms with van der Waals surface area (Å²) in [6.45, 7) is 0.923. The van der Waals surface area contributed by atoms with E-state index in [4.69, 9.17) is 21.7 Å². The third kappa shape index (κ3) is 3.49. The molecule has 0 unspecified atom stereocenters. The predicted molar refractivity (Wildman–Crippen MR) is 96.1 cm³/mol. The number of hydrogen-bond donors (Lipinski definition) is 1. The molecule has 2 aromatic rings. The number of hydrogen-bond acceptors (Lipinski definition) is 4. The summed E-state index contributed by atoms with van der Waals surface area (Å²) in [5.41, 5.74) is 1.97. The number of ether oxygens (including phenoxy) is 2. The molecule has 1 atom stereocenters. The van der Waals surface area contributed by atoms with Crippen LogP contribution in [0.1, 0.15) is 5.56 Å². The van der Waals surface area contributed by atoms with Crippen LogP contribution in [0.3, 0.4) is 0 Å². The van der Waals surface area contributed by atoms with Gasteiger partial charge < -0.3 is 19.7 Å². The number of benzene rings is 2. The smallest absolute Gasteiger partial charge is 0.348 e. The molecule has 5 nitrogen and oxygen atoms in total. The summed E-state index contributed by atoms with van der Waals surface area (Å²) in [7, 11) is 1.35. The highest BCUT2D eigenvalue weighted by molar-refractivity contribution is 7.80. The molecule has 6 heteroatoms. The predicted octanol–water partition coefficient (Wildman–Crippen LogP) is 2.50. The zero-order valence-electron chi connectivity index (χ0n) is 13.3. The quantitative estimate of drug-likeness (QED) is 0.683. The first-order valence-corrected chi connectivity index (χ1v) is 8.02. The molecule has 3 rings (SSSR count). The maximum atomic E-state index is 11.9. The van der Waals surface area contributed by atoms with Crippen LogP contribution < -0.4 is 15.0 Å². The summed E-state index contributed by atoms with van der Waals surface area (Å²) in [5, 5.41) is 3.78. The Kier molecular flexibility index (Phi) is 4.96. The van der Waals surface area contributed by atoms with E-state index in [2.05, 4.69) is 5.32 Å². The van der Waals surface area contributed by atoms with E-state index >= 15 is 0 Å². The summed E-state index contributed by atoms with van der Waals surface area (Å²) in [6.07, 6.45) is -0.707. The Balaban J connectivity index is 1.77. The van der Waals surface area contributed by atoms with Gasteiger partial charge in [-0.1, -0.05) is 42.5 Å². The normalized spacial score (nSPS) is 15.9. The minimum absolute atomic E-state index is 0.310. The monoisotopic (exact) mass is 342 g/mol. The molecule has 1 heterocycles. The van der Waals surface area contributed by atoms with E-state index in [1.807, 2.05) is 59.5 Å². The fraction of sp³-hybridized carbons (Fsp3) is 0.222. The Bertz CT molecular complexity index is 736. The van der Waals surface area contributed by atoms with Gasteiger partial charge >= 0.3 is 5.97 Å². The summed E-state index contributed by atoms with van der Waals surface area (Å²) >= 11 is 5.53. The standard InChI is InChI=1S/C18H18N2O3S/c1-22-17(21)16-12-20(14-9-5-6-10-15(14)23-16)18(24)19-11-13-7-3-2-4-8-13/h2-10,16H,11-12H2,1H3,(H,19,24)/t16-/m0/s1. The molecule has 0 saturated heterocycles. The number of esters is 1. The van der Waals surface area contributed by atoms with Gasteiger partial charge in [0.1, 0.15) is 5.75 Å². The maximum absolute atomic E-state index is 11.9. The van der Waals surface area contributed by atoms with Crippen molar-refractivity contribution in [2.24, 2.45) is 0 Å². The Morgan fingerprint density at radius 3 is 2.71 bits per heavy atom. The van der Waals surface area contributed by atoms with Gasteiger partial charge in [0.25, 0.3) is 0 Å². The molecule has 1 aliphatic heterocycles. The Morgan fingerprint density at radius 2 is 1.96 bits per heavy atom. The minimum atomic E-state index is -0.707. The zero-order chi connectivity index (χ0) is 16.9. The molecule has 1 aliphatic rings. The van der Waals surface area contributed by atoms with Crippen molar-refractivity contribution in [1.29, 1.82) is 0 Å². The Morgan fingerprint density at radius 1 is 1.25 bits per heavy atom. The highest BCUT2D eigenvalue weighted by Gasteiger charge is 2.33. The number of rotatable bonds is 3. The highest BCUT2D eigenvalue weighted by Crippen LogP contribution is 2.33. The number of para-hydroxylation sites is 2. The number of carbonyl (C=O) groups excluding carboxylic acids is 1. The lowest BCUT2D eigenvalue weighted by Crippen LogP contribution is -2.50. The molecule has 0 amide bonds. The van der Waals surface area contributed by atoms with Gasteiger partial charge in [-0.2, -0.15) is 0 Å². The van der Waals surface area contributed by atoms with Crippen molar-refractivity contribution in [3.05, 3.63) is 60.2 Å². The van der Waals surface area contributed by atoms with E-state index < -0.39 is 12.1 Å². The molecule has 2 aromatic carbocycles. The first kappa shape index (κ1) is 16.3. The molecule has 1 N–H and O–H groups in total. The van der Waals surface area contributed by atoms with E-state index in [9.17, 15) is 4.79 Å². The van der Waals surface area contributed by atoms with Crippen LogP contribution in [-0.2, 0) is 16.1 Å². The van der Waals surface area contributed by atoms with Crippen molar-refractivity contribution in [3.8, 4) is 5.75 Å². The molecule has 0 saturated carbocycles. The number of methoxy groups -OCH3 is 1. The van der Waals surface area contributed by atoms with Gasteiger partial charge in [0.05, 0.1) is 19.3 Å². The van der Waals surface area contributed by atoms with Crippen molar-refractivity contribution >= 4 is 29.0 Å². The maximum Gasteiger partial charge on any atom is 0.348 e. The van der Waals surface area contributed by atoms with Gasteiger partial charge in [-0.3, -0.25) is 0 Å². The van der Waals surface area contributed by atoms with Crippen LogP contribution in [0.4, 0.5) is 5.69 Å². The lowest BCUT2D eigenvalue weighted by molar-refractivity contribution is -0.148. The average molecular weight is 342 g/mol. The van der Waals surface area contributed by atoms with Crippen LogP contribution >= 0.6 is 12.2 Å². The van der Waals surface area contributed by atoms with Crippen LogP contribution in [-0.4, -0.2) is 30.8 Å². The largest absolute Gasteiger partial charge is 0.475 e. The minimum Gasteiger partial charge on any atom is -0.475 e. The SMILES string of the molecule is COC(=O)[C@@H]1CN(C(=S)NCc2ccccc2)c2ccccc2O1. The van der Waals surface area contributed by atoms with E-state index in [0.717, 1.165) is 11.3 Å². The average Bonchev–Trinajstić information content (AvgIpc) is 2.65. The topological polar surface area (TPSA) is 50.8 Å². The van der Waals surface area contributed by atoms with Crippen molar-refractivity contribution in [3.63, 3.8) is 0 Å². The molecule has 124 valence electrons. The third-order valence-corrected chi connectivity index (χ3v) is 4.13. The van der Waals surface area contributed by atoms with Crippen molar-refractivity contribution in [2.75, 3.05) is 18.6 Å². The number of carbonyl (C=O) groups is 1. The third-order valence-electron chi connectivity index (χ3n) is 3.77. The second-order valence-electron chi connectivity index (χ2n) is 5.35. The van der Waals surface area contributed by atoms with E-state index in [-0.39, 0.29) is 0 Å². The fourth-order valence-electron chi connectivity index (χ4n) is 2.55. The van der Waals surface area contributed by atoms with Gasteiger partial charge in [0.15, 0.2) is 5.11 Å². The second kappa shape index (κ2) is 7.31. The molecule has 24 heavy (non-hydrogen) atoms. The fourth-order valence-corrected chi connectivity index (χ4v) is 2.79. The lowest BCUT2D eigenvalue weighted by atomic mass is 10.2. The molecule has 0 bridgehead atoms. The van der Waals surface area contributed by atoms with E-state index in [1.165, 1.54) is 7.11 Å². The van der Waals surface area contributed by atoms with Gasteiger partial charge in [-0.25, -0.2) is 4.79 Å². The van der Waals surface area contributed by atoms with Crippen LogP contribution in [0.25, 0.3) is 0 Å². The lowest BCUT2D eigenvalue weighted by Gasteiger charge is -2.35. The van der Waals surface area contributed by atoms with Gasteiger partial charge in [0.2, 0.25) is 6.10 Å². The number of fused-ring (bicyclic) bond motifs is 1. The van der Waals surface area contributed by atoms with E-state index in [1.54, 1.807) is 0 Å². The zero-order valence-corrected chi connectivity index (χ0v) is 14.1. The Labute approximate surface area is 146 Å². The first-order valence-electron chi connectivity index (χ1n) is 7.62. The number of nitrogens with one attached hydrogen (secondary N) is 1. The molecule has 0 aliphatic carbocycles. The van der Waals surface area contributed by atoms with Crippen LogP contribution in [0.15, 0.2) is 54.6 Å². The van der Waals surface area contributed by atoms with Crippen LogP contribution in [0.2, 0.25) is 0 Å². The van der Waals surface area contributed by atoms with Crippen molar-refractivity contribution < 1.29 is 14.3 Å². The highest BCUT2D eigenvalue weighted by atomic mass is 32.1. The van der Waals surface area contributed by atoms with Crippen molar-refractivity contribution in [1.82, 2.24) is 5.32 Å². The van der Waals surface area contributed by atoms with Crippen LogP contribution in [0, 0.1) is 0 Å². The van der Waals surface area contributed by atoms with E-state index in [0.29, 0.717) is 24.0 Å². The number of anilines is 1. The van der Waals surface area contributed by atoms with Gasteiger partial charge in [0, 0.05) is 6.54 Å². The Hall–Kier alpha value is -2.60. The summed E-state index contributed by atoms with van der Waals surface area (Å²) in [6, 6.07) is 17.5. The molecule has 0 fully saturated rings. The molecular formula is C18H18N2O3S. The second-order valence-corrected chi connectivity index (χ2v) is 5.74. The van der Waals surface area contributed by atoms with Gasteiger partial charge in [-0.05, 0) is 29.9 Å². The number of nitrogens with zero attached hydrogens (tertiary/aromatic N) is 1. The van der Waals surface area contributed by atoms with Crippen molar-refractivity contribution in [2.45, 2.75) is 12.6 Å². The molecule has 0 radical (unpaired) electrons. The summed E-state index contributed by atoms with van der Waals surface area (Å²) in [4.78, 5) is 13.8. The summed E-state index contributed by atoms with van der Waals surface area (Å²) < 4.78 is 10.5. The molecule has 0 aromatic heterocycles.